The molecule has 0 saturated heterocycles. The molecule has 0 N–H and O–H groups in total. The van der Waals surface area contributed by atoms with Gasteiger partial charge in [-0.25, -0.2) is 13.4 Å². The molecule has 4 rings (SSSR count). The molecule has 1 amide bonds. The van der Waals surface area contributed by atoms with Gasteiger partial charge < -0.3 is 4.74 Å². The van der Waals surface area contributed by atoms with Gasteiger partial charge in [0.05, 0.1) is 28.4 Å². The number of methoxy groups -OCH3 is 1. The molecule has 0 spiro atoms. The first-order chi connectivity index (χ1) is 18.6. The van der Waals surface area contributed by atoms with Crippen molar-refractivity contribution in [1.29, 1.82) is 0 Å². The average Bonchev–Trinajstić information content (AvgIpc) is 3.57. The van der Waals surface area contributed by atoms with Crippen molar-refractivity contribution in [3.8, 4) is 5.75 Å². The van der Waals surface area contributed by atoms with Crippen LogP contribution < -0.4 is 9.75 Å². The van der Waals surface area contributed by atoms with Gasteiger partial charge in [-0.2, -0.15) is 14.4 Å². The number of aromatic nitrogens is 1. The molecule has 206 valence electrons. The highest BCUT2D eigenvalue weighted by Crippen LogP contribution is 2.32. The second kappa shape index (κ2) is 12.4. The van der Waals surface area contributed by atoms with E-state index in [9.17, 15) is 13.2 Å². The van der Waals surface area contributed by atoms with Gasteiger partial charge in [-0.3, -0.25) is 4.79 Å². The van der Waals surface area contributed by atoms with E-state index in [1.54, 1.807) is 13.3 Å². The van der Waals surface area contributed by atoms with Crippen LogP contribution in [0.5, 0.6) is 5.75 Å². The zero-order valence-corrected chi connectivity index (χ0v) is 25.0. The maximum atomic E-state index is 13.7. The maximum Gasteiger partial charge on any atom is 0.280 e. The first-order valence-electron chi connectivity index (χ1n) is 12.5. The van der Waals surface area contributed by atoms with Crippen molar-refractivity contribution in [1.82, 2.24) is 9.29 Å². The molecule has 2 aromatic heterocycles. The minimum Gasteiger partial charge on any atom is -0.497 e. The minimum absolute atomic E-state index is 0.154. The molecule has 0 radical (unpaired) electrons. The molecule has 0 unspecified atom stereocenters. The first-order valence-corrected chi connectivity index (χ1v) is 15.7. The van der Waals surface area contributed by atoms with Crippen molar-refractivity contribution in [2.75, 3.05) is 25.2 Å². The number of thiophene rings is 1. The summed E-state index contributed by atoms with van der Waals surface area (Å²) in [5, 5.41) is 8.05. The van der Waals surface area contributed by atoms with Crippen molar-refractivity contribution < 1.29 is 17.9 Å². The number of carbonyl (C=O) groups excluding carboxylic acids is 1. The molecule has 2 aromatic carbocycles. The second-order valence-electron chi connectivity index (χ2n) is 9.84. The monoisotopic (exact) mass is 584 g/mol. The number of hydrogen-bond donors (Lipinski definition) is 0. The Morgan fingerprint density at radius 3 is 2.33 bits per heavy atom. The van der Waals surface area contributed by atoms with Crippen molar-refractivity contribution in [3.63, 3.8) is 0 Å². The lowest BCUT2D eigenvalue weighted by atomic mass is 10.2. The Bertz CT molecular complexity index is 1530. The number of hydrazone groups is 1. The molecule has 0 atom stereocenters. The Kier molecular flexibility index (Phi) is 9.16. The van der Waals surface area contributed by atoms with Crippen molar-refractivity contribution in [2.24, 2.45) is 16.9 Å². The van der Waals surface area contributed by atoms with Crippen LogP contribution >= 0.6 is 22.7 Å². The molecule has 2 heterocycles. The summed E-state index contributed by atoms with van der Waals surface area (Å²) >= 11 is 2.82. The van der Waals surface area contributed by atoms with E-state index in [1.807, 2.05) is 63.4 Å². The number of anilines is 1. The van der Waals surface area contributed by atoms with Gasteiger partial charge in [0.15, 0.2) is 0 Å². The lowest BCUT2D eigenvalue weighted by Gasteiger charge is -2.25. The molecule has 4 aromatic rings. The van der Waals surface area contributed by atoms with E-state index in [0.717, 1.165) is 15.1 Å². The lowest BCUT2D eigenvalue weighted by molar-refractivity contribution is 0.0987. The fraction of sp³-hybridized carbons (Fsp3) is 0.321. The van der Waals surface area contributed by atoms with E-state index < -0.39 is 15.9 Å². The molecule has 0 aliphatic heterocycles. The van der Waals surface area contributed by atoms with Crippen molar-refractivity contribution in [2.45, 2.75) is 32.6 Å². The van der Waals surface area contributed by atoms with Crippen LogP contribution in [0.2, 0.25) is 0 Å². The van der Waals surface area contributed by atoms with Crippen LogP contribution in [0.4, 0.5) is 5.13 Å². The van der Waals surface area contributed by atoms with Crippen molar-refractivity contribution in [3.05, 3.63) is 70.4 Å². The zero-order valence-electron chi connectivity index (χ0n) is 22.6. The third-order valence-electron chi connectivity index (χ3n) is 5.68. The largest absolute Gasteiger partial charge is 0.497 e. The van der Waals surface area contributed by atoms with Crippen LogP contribution in [-0.2, 0) is 10.0 Å². The van der Waals surface area contributed by atoms with Crippen LogP contribution in [-0.4, -0.2) is 50.0 Å². The molecule has 0 fully saturated rings. The Morgan fingerprint density at radius 1 is 1.05 bits per heavy atom. The van der Waals surface area contributed by atoms with Crippen LogP contribution in [0.3, 0.4) is 0 Å². The van der Waals surface area contributed by atoms with Crippen LogP contribution in [0.15, 0.2) is 70.0 Å². The highest BCUT2D eigenvalue weighted by molar-refractivity contribution is 7.89. The Morgan fingerprint density at radius 2 is 1.74 bits per heavy atom. The van der Waals surface area contributed by atoms with Gasteiger partial charge in [0, 0.05) is 23.5 Å². The highest BCUT2D eigenvalue weighted by Gasteiger charge is 2.27. The third kappa shape index (κ3) is 6.91. The van der Waals surface area contributed by atoms with Gasteiger partial charge in [0.1, 0.15) is 5.75 Å². The van der Waals surface area contributed by atoms with E-state index in [0.29, 0.717) is 29.5 Å². The first kappa shape index (κ1) is 28.9. The summed E-state index contributed by atoms with van der Waals surface area (Å²) in [4.78, 5) is 19.3. The molecule has 39 heavy (non-hydrogen) atoms. The van der Waals surface area contributed by atoms with Crippen LogP contribution in [0.25, 0.3) is 10.2 Å². The highest BCUT2D eigenvalue weighted by atomic mass is 32.2. The number of thiazole rings is 1. The molecule has 0 aliphatic rings. The number of amides is 1. The van der Waals surface area contributed by atoms with Gasteiger partial charge in [-0.05, 0) is 65.7 Å². The second-order valence-corrected chi connectivity index (χ2v) is 13.8. The summed E-state index contributed by atoms with van der Waals surface area (Å²) in [5.74, 6) is 0.642. The SMILES string of the molecule is COc1ccc2nc(N(/N=C/c3cccs3)C(=O)c3ccc(S(=O)(=O)N(CC(C)C)CC(C)C)cc3)sc2c1. The number of rotatable bonds is 11. The van der Waals surface area contributed by atoms with Gasteiger partial charge >= 0.3 is 0 Å². The predicted molar refractivity (Wildman–Crippen MR) is 160 cm³/mol. The number of sulfonamides is 1. The zero-order chi connectivity index (χ0) is 28.2. The van der Waals surface area contributed by atoms with Gasteiger partial charge in [0.2, 0.25) is 15.2 Å². The molecule has 0 saturated carbocycles. The van der Waals surface area contributed by atoms with Gasteiger partial charge in [-0.15, -0.1) is 11.3 Å². The standard InChI is InChI=1S/C28H32N4O4S3/c1-19(2)17-31(18-20(3)4)39(34,35)24-11-8-21(9-12-24)27(33)32(29-16-23-7-6-14-37-23)28-30-25-13-10-22(36-5)15-26(25)38-28/h6-16,19-20H,17-18H2,1-5H3/b29-16+. The van der Waals surface area contributed by atoms with Crippen LogP contribution in [0, 0.1) is 11.8 Å². The predicted octanol–water partition coefficient (Wildman–Crippen LogP) is 6.35. The number of ether oxygens (including phenoxy) is 1. The summed E-state index contributed by atoms with van der Waals surface area (Å²) in [5.41, 5.74) is 1.02. The van der Waals surface area contributed by atoms with E-state index in [2.05, 4.69) is 10.1 Å². The number of fused-ring (bicyclic) bond motifs is 1. The third-order valence-corrected chi connectivity index (χ3v) is 9.32. The Balaban J connectivity index is 1.67. The number of hydrogen-bond acceptors (Lipinski definition) is 8. The molecular formula is C28H32N4O4S3. The number of carbonyl (C=O) groups is 1. The summed E-state index contributed by atoms with van der Waals surface area (Å²) in [7, 11) is -2.12. The Labute approximate surface area is 237 Å². The maximum absolute atomic E-state index is 13.7. The normalized spacial score (nSPS) is 12.3. The fourth-order valence-corrected chi connectivity index (χ4v) is 7.20. The van der Waals surface area contributed by atoms with E-state index in [4.69, 9.17) is 4.74 Å². The van der Waals surface area contributed by atoms with E-state index in [1.165, 1.54) is 56.3 Å². The topological polar surface area (TPSA) is 92.2 Å². The number of benzene rings is 2. The van der Waals surface area contributed by atoms with E-state index in [-0.39, 0.29) is 16.7 Å². The summed E-state index contributed by atoms with van der Waals surface area (Å²) < 4.78 is 34.5. The lowest BCUT2D eigenvalue weighted by Crippen LogP contribution is -2.37. The van der Waals surface area contributed by atoms with Crippen molar-refractivity contribution >= 4 is 60.2 Å². The Hall–Kier alpha value is -3.12. The molecule has 11 heteroatoms. The molecule has 0 aliphatic carbocycles. The average molecular weight is 585 g/mol. The quantitative estimate of drug-likeness (QED) is 0.151. The van der Waals surface area contributed by atoms with Gasteiger partial charge in [-0.1, -0.05) is 45.1 Å². The summed E-state index contributed by atoms with van der Waals surface area (Å²) in [6.45, 7) is 8.83. The van der Waals surface area contributed by atoms with Crippen LogP contribution in [0.1, 0.15) is 42.9 Å². The molecular weight excluding hydrogens is 553 g/mol. The van der Waals surface area contributed by atoms with E-state index >= 15 is 0 Å². The fourth-order valence-electron chi connectivity index (χ4n) is 3.90. The smallest absolute Gasteiger partial charge is 0.280 e. The number of nitrogens with zero attached hydrogens (tertiary/aromatic N) is 4. The molecule has 0 bridgehead atoms. The summed E-state index contributed by atoms with van der Waals surface area (Å²) in [6.07, 6.45) is 1.61. The van der Waals surface area contributed by atoms with Gasteiger partial charge in [0.25, 0.3) is 5.91 Å². The molecule has 8 nitrogen and oxygen atoms in total. The minimum atomic E-state index is -3.71. The summed E-state index contributed by atoms with van der Waals surface area (Å²) in [6, 6.07) is 15.4.